The van der Waals surface area contributed by atoms with Crippen molar-refractivity contribution < 1.29 is 0 Å². The summed E-state index contributed by atoms with van der Waals surface area (Å²) in [5, 5.41) is 11.0. The number of anilines is 1. The number of rotatable bonds is 4. The summed E-state index contributed by atoms with van der Waals surface area (Å²) in [6.45, 7) is 2.82. The van der Waals surface area contributed by atoms with Crippen LogP contribution >= 0.6 is 11.3 Å². The maximum atomic E-state index is 4.24. The van der Waals surface area contributed by atoms with Gasteiger partial charge in [0.05, 0.1) is 23.4 Å². The van der Waals surface area contributed by atoms with Gasteiger partial charge in [-0.1, -0.05) is 6.07 Å². The smallest absolute Gasteiger partial charge is 0.123 e. The lowest BCUT2D eigenvalue weighted by molar-refractivity contribution is 1.05. The van der Waals surface area contributed by atoms with Crippen LogP contribution in [0.2, 0.25) is 0 Å². The second kappa shape index (κ2) is 5.19. The van der Waals surface area contributed by atoms with E-state index in [0.717, 1.165) is 23.6 Å². The Morgan fingerprint density at radius 3 is 2.84 bits per heavy atom. The van der Waals surface area contributed by atoms with Crippen molar-refractivity contribution in [1.82, 2.24) is 19.7 Å². The van der Waals surface area contributed by atoms with Gasteiger partial charge >= 0.3 is 0 Å². The third-order valence-electron chi connectivity index (χ3n) is 2.86. The highest BCUT2D eigenvalue weighted by Gasteiger charge is 2.02. The van der Waals surface area contributed by atoms with Crippen LogP contribution in [0.5, 0.6) is 0 Å². The fourth-order valence-corrected chi connectivity index (χ4v) is 2.51. The Balaban J connectivity index is 1.75. The first-order valence-electron chi connectivity index (χ1n) is 5.91. The summed E-state index contributed by atoms with van der Waals surface area (Å²) in [6, 6.07) is 8.15. The van der Waals surface area contributed by atoms with Gasteiger partial charge in [0, 0.05) is 10.6 Å². The van der Waals surface area contributed by atoms with E-state index >= 15 is 0 Å². The molecular weight excluding hydrogens is 258 g/mol. The van der Waals surface area contributed by atoms with Gasteiger partial charge in [0.25, 0.3) is 0 Å². The van der Waals surface area contributed by atoms with Crippen molar-refractivity contribution in [2.24, 2.45) is 0 Å². The Labute approximate surface area is 115 Å². The van der Waals surface area contributed by atoms with Crippen LogP contribution in [0.25, 0.3) is 5.69 Å². The molecule has 0 atom stereocenters. The van der Waals surface area contributed by atoms with E-state index < -0.39 is 0 Å². The van der Waals surface area contributed by atoms with Crippen LogP contribution in [0.3, 0.4) is 0 Å². The SMILES string of the molecule is Cc1ncsc1CNc1cccc(-n2cnnc2)c1. The van der Waals surface area contributed by atoms with Gasteiger partial charge in [-0.25, -0.2) is 4.98 Å². The van der Waals surface area contributed by atoms with E-state index in [1.165, 1.54) is 4.88 Å². The maximum Gasteiger partial charge on any atom is 0.123 e. The van der Waals surface area contributed by atoms with Crippen LogP contribution < -0.4 is 5.32 Å². The van der Waals surface area contributed by atoms with Crippen LogP contribution in [0.4, 0.5) is 5.69 Å². The van der Waals surface area contributed by atoms with E-state index in [0.29, 0.717) is 0 Å². The van der Waals surface area contributed by atoms with Gasteiger partial charge in [0.15, 0.2) is 0 Å². The fourth-order valence-electron chi connectivity index (χ4n) is 1.79. The van der Waals surface area contributed by atoms with E-state index in [2.05, 4.69) is 26.6 Å². The lowest BCUT2D eigenvalue weighted by Gasteiger charge is -2.08. The molecule has 3 rings (SSSR count). The summed E-state index contributed by atoms with van der Waals surface area (Å²) in [7, 11) is 0. The quantitative estimate of drug-likeness (QED) is 0.792. The molecule has 2 heterocycles. The minimum atomic E-state index is 0.794. The lowest BCUT2D eigenvalue weighted by atomic mass is 10.2. The largest absolute Gasteiger partial charge is 0.380 e. The van der Waals surface area contributed by atoms with Gasteiger partial charge in [-0.15, -0.1) is 21.5 Å². The molecule has 0 saturated heterocycles. The summed E-state index contributed by atoms with van der Waals surface area (Å²) in [5.41, 5.74) is 5.07. The highest BCUT2D eigenvalue weighted by atomic mass is 32.1. The molecule has 1 aromatic carbocycles. The number of nitrogens with zero attached hydrogens (tertiary/aromatic N) is 4. The Morgan fingerprint density at radius 1 is 1.26 bits per heavy atom. The third-order valence-corrected chi connectivity index (χ3v) is 3.80. The topological polar surface area (TPSA) is 55.6 Å². The zero-order chi connectivity index (χ0) is 13.1. The molecule has 0 aliphatic heterocycles. The van der Waals surface area contributed by atoms with Gasteiger partial charge < -0.3 is 5.32 Å². The second-order valence-electron chi connectivity index (χ2n) is 4.13. The van der Waals surface area contributed by atoms with E-state index in [4.69, 9.17) is 0 Å². The molecule has 0 unspecified atom stereocenters. The van der Waals surface area contributed by atoms with Crippen molar-refractivity contribution in [2.75, 3.05) is 5.32 Å². The third kappa shape index (κ3) is 2.63. The van der Waals surface area contributed by atoms with Gasteiger partial charge in [-0.3, -0.25) is 4.57 Å². The molecule has 5 nitrogen and oxygen atoms in total. The van der Waals surface area contributed by atoms with Gasteiger partial charge in [-0.05, 0) is 25.1 Å². The average Bonchev–Trinajstić information content (AvgIpc) is 3.08. The van der Waals surface area contributed by atoms with E-state index in [1.807, 2.05) is 35.2 Å². The molecule has 0 bridgehead atoms. The van der Waals surface area contributed by atoms with Crippen molar-refractivity contribution in [2.45, 2.75) is 13.5 Å². The number of hydrogen-bond donors (Lipinski definition) is 1. The fraction of sp³-hybridized carbons (Fsp3) is 0.154. The number of benzene rings is 1. The highest BCUT2D eigenvalue weighted by Crippen LogP contribution is 2.17. The molecule has 0 saturated carbocycles. The first-order valence-corrected chi connectivity index (χ1v) is 6.79. The summed E-state index contributed by atoms with van der Waals surface area (Å²) < 4.78 is 1.88. The molecule has 0 radical (unpaired) electrons. The van der Waals surface area contributed by atoms with E-state index in [1.54, 1.807) is 24.0 Å². The molecule has 1 N–H and O–H groups in total. The second-order valence-corrected chi connectivity index (χ2v) is 5.07. The molecular formula is C13H13N5S. The van der Waals surface area contributed by atoms with Crippen LogP contribution in [-0.2, 0) is 6.54 Å². The predicted octanol–water partition coefficient (Wildman–Crippen LogP) is 2.64. The van der Waals surface area contributed by atoms with Crippen molar-refractivity contribution in [3.63, 3.8) is 0 Å². The number of aryl methyl sites for hydroxylation is 1. The first kappa shape index (κ1) is 11.9. The van der Waals surface area contributed by atoms with Crippen molar-refractivity contribution >= 4 is 17.0 Å². The zero-order valence-electron chi connectivity index (χ0n) is 10.4. The first-order chi connectivity index (χ1) is 9.33. The maximum absolute atomic E-state index is 4.24. The van der Waals surface area contributed by atoms with Crippen molar-refractivity contribution in [1.29, 1.82) is 0 Å². The molecule has 96 valence electrons. The van der Waals surface area contributed by atoms with E-state index in [9.17, 15) is 0 Å². The van der Waals surface area contributed by atoms with Gasteiger partial charge in [0.2, 0.25) is 0 Å². The molecule has 0 aliphatic carbocycles. The molecule has 3 aromatic rings. The molecule has 19 heavy (non-hydrogen) atoms. The standard InChI is InChI=1S/C13H13N5S/c1-10-13(19-9-15-10)6-14-11-3-2-4-12(5-11)18-7-16-17-8-18/h2-5,7-9,14H,6H2,1H3. The number of nitrogens with one attached hydrogen (secondary N) is 1. The predicted molar refractivity (Wildman–Crippen MR) is 75.5 cm³/mol. The van der Waals surface area contributed by atoms with Crippen LogP contribution in [-0.4, -0.2) is 19.7 Å². The zero-order valence-corrected chi connectivity index (χ0v) is 11.3. The minimum absolute atomic E-state index is 0.794. The monoisotopic (exact) mass is 271 g/mol. The Morgan fingerprint density at radius 2 is 2.11 bits per heavy atom. The summed E-state index contributed by atoms with van der Waals surface area (Å²) >= 11 is 1.67. The summed E-state index contributed by atoms with van der Waals surface area (Å²) in [4.78, 5) is 5.50. The number of thiazole rings is 1. The Kier molecular flexibility index (Phi) is 3.24. The van der Waals surface area contributed by atoms with Crippen molar-refractivity contribution in [3.8, 4) is 5.69 Å². The number of aromatic nitrogens is 4. The average molecular weight is 271 g/mol. The van der Waals surface area contributed by atoms with Crippen LogP contribution in [0, 0.1) is 6.92 Å². The molecule has 0 amide bonds. The highest BCUT2D eigenvalue weighted by molar-refractivity contribution is 7.09. The van der Waals surface area contributed by atoms with Gasteiger partial charge in [0.1, 0.15) is 12.7 Å². The molecule has 2 aromatic heterocycles. The molecule has 6 heteroatoms. The molecule has 0 spiro atoms. The Bertz CT molecular complexity index is 659. The van der Waals surface area contributed by atoms with Crippen LogP contribution in [0.1, 0.15) is 10.6 Å². The lowest BCUT2D eigenvalue weighted by Crippen LogP contribution is -2.00. The molecule has 0 fully saturated rings. The number of hydrogen-bond acceptors (Lipinski definition) is 5. The Hall–Kier alpha value is -2.21. The van der Waals surface area contributed by atoms with Crippen molar-refractivity contribution in [3.05, 3.63) is 53.0 Å². The van der Waals surface area contributed by atoms with Crippen LogP contribution in [0.15, 0.2) is 42.4 Å². The van der Waals surface area contributed by atoms with E-state index in [-0.39, 0.29) is 0 Å². The molecule has 0 aliphatic rings. The minimum Gasteiger partial charge on any atom is -0.380 e. The normalized spacial score (nSPS) is 10.6. The summed E-state index contributed by atoms with van der Waals surface area (Å²) in [5.74, 6) is 0. The van der Waals surface area contributed by atoms with Gasteiger partial charge in [-0.2, -0.15) is 0 Å². The summed E-state index contributed by atoms with van der Waals surface area (Å²) in [6.07, 6.45) is 3.37.